The molecule has 0 saturated carbocycles. The number of anilines is 1. The highest BCUT2D eigenvalue weighted by molar-refractivity contribution is 6.07. The van der Waals surface area contributed by atoms with Crippen LogP contribution in [0.2, 0.25) is 0 Å². The van der Waals surface area contributed by atoms with Crippen molar-refractivity contribution in [2.45, 2.75) is 26.3 Å². The molecular formula is C15H16N2O3. The number of amides is 1. The van der Waals surface area contributed by atoms with Gasteiger partial charge in [0.1, 0.15) is 0 Å². The van der Waals surface area contributed by atoms with E-state index in [9.17, 15) is 9.59 Å². The number of methoxy groups -OCH3 is 1. The molecule has 1 N–H and O–H groups in total. The predicted octanol–water partition coefficient (Wildman–Crippen LogP) is 2.33. The summed E-state index contributed by atoms with van der Waals surface area (Å²) in [5.41, 5.74) is 3.30. The number of carbonyl (C=O) groups excluding carboxylic acids is 2. The molecule has 0 aliphatic carbocycles. The number of esters is 1. The number of nitrogens with one attached hydrogen (secondary N) is 1. The molecule has 20 heavy (non-hydrogen) atoms. The van der Waals surface area contributed by atoms with Crippen LogP contribution in [0, 0.1) is 0 Å². The van der Waals surface area contributed by atoms with E-state index in [-0.39, 0.29) is 5.91 Å². The van der Waals surface area contributed by atoms with Gasteiger partial charge >= 0.3 is 5.97 Å². The van der Waals surface area contributed by atoms with Gasteiger partial charge in [0.15, 0.2) is 0 Å². The first-order valence-corrected chi connectivity index (χ1v) is 6.68. The number of hydrogen-bond donors (Lipinski definition) is 1. The minimum atomic E-state index is -0.392. The Kier molecular flexibility index (Phi) is 2.97. The van der Waals surface area contributed by atoms with Crippen LogP contribution in [0.1, 0.15) is 29.3 Å². The molecular weight excluding hydrogens is 256 g/mol. The maximum atomic E-state index is 11.8. The first-order valence-electron chi connectivity index (χ1n) is 6.68. The lowest BCUT2D eigenvalue weighted by Gasteiger charge is -2.08. The van der Waals surface area contributed by atoms with Crippen molar-refractivity contribution in [2.24, 2.45) is 0 Å². The van der Waals surface area contributed by atoms with Crippen molar-refractivity contribution in [1.29, 1.82) is 0 Å². The normalized spacial score (nSPS) is 14.0. The van der Waals surface area contributed by atoms with Gasteiger partial charge in [-0.3, -0.25) is 4.79 Å². The van der Waals surface area contributed by atoms with Crippen molar-refractivity contribution in [1.82, 2.24) is 4.57 Å². The Morgan fingerprint density at radius 1 is 1.45 bits per heavy atom. The molecule has 0 unspecified atom stereocenters. The Balaban J connectivity index is 2.31. The zero-order chi connectivity index (χ0) is 14.3. The van der Waals surface area contributed by atoms with Gasteiger partial charge in [-0.05, 0) is 24.1 Å². The molecule has 0 saturated heterocycles. The van der Waals surface area contributed by atoms with E-state index in [1.807, 2.05) is 6.07 Å². The minimum Gasteiger partial charge on any atom is -0.465 e. The van der Waals surface area contributed by atoms with Gasteiger partial charge in [0.05, 0.1) is 23.9 Å². The van der Waals surface area contributed by atoms with Crippen LogP contribution >= 0.6 is 0 Å². The lowest BCUT2D eigenvalue weighted by molar-refractivity contribution is -0.116. The van der Waals surface area contributed by atoms with Gasteiger partial charge in [-0.25, -0.2) is 4.79 Å². The van der Waals surface area contributed by atoms with Gasteiger partial charge in [0.25, 0.3) is 0 Å². The van der Waals surface area contributed by atoms with Crippen LogP contribution in [0.3, 0.4) is 0 Å². The molecule has 104 valence electrons. The number of nitrogens with zero attached hydrogens (tertiary/aromatic N) is 1. The van der Waals surface area contributed by atoms with Crippen molar-refractivity contribution < 1.29 is 14.3 Å². The third kappa shape index (κ3) is 1.86. The molecule has 0 atom stereocenters. The molecule has 1 amide bonds. The molecule has 0 radical (unpaired) electrons. The topological polar surface area (TPSA) is 60.3 Å². The van der Waals surface area contributed by atoms with Gasteiger partial charge in [-0.15, -0.1) is 0 Å². The fourth-order valence-electron chi connectivity index (χ4n) is 2.73. The fourth-order valence-corrected chi connectivity index (χ4v) is 2.73. The molecule has 1 aromatic carbocycles. The van der Waals surface area contributed by atoms with Crippen molar-refractivity contribution in [3.63, 3.8) is 0 Å². The third-order valence-corrected chi connectivity index (χ3v) is 3.71. The van der Waals surface area contributed by atoms with E-state index in [0.29, 0.717) is 24.2 Å². The number of benzene rings is 1. The van der Waals surface area contributed by atoms with Crippen molar-refractivity contribution >= 4 is 28.5 Å². The second kappa shape index (κ2) is 4.67. The van der Waals surface area contributed by atoms with Gasteiger partial charge in [0, 0.05) is 24.5 Å². The van der Waals surface area contributed by atoms with Crippen LogP contribution in [-0.2, 0) is 22.5 Å². The van der Waals surface area contributed by atoms with Crippen molar-refractivity contribution in [2.75, 3.05) is 12.4 Å². The Morgan fingerprint density at radius 3 is 2.95 bits per heavy atom. The van der Waals surface area contributed by atoms with Crippen LogP contribution in [-0.4, -0.2) is 23.6 Å². The SMILES string of the molecule is CCc1cn2c3c(cc(C(=O)OC)cc13)NC(=O)CC2. The molecule has 5 heteroatoms. The Bertz CT molecular complexity index is 715. The molecule has 0 fully saturated rings. The van der Waals surface area contributed by atoms with Crippen molar-refractivity contribution in [3.8, 4) is 0 Å². The van der Waals surface area contributed by atoms with E-state index < -0.39 is 5.97 Å². The van der Waals surface area contributed by atoms with Crippen LogP contribution in [0.15, 0.2) is 18.3 Å². The van der Waals surface area contributed by atoms with Crippen molar-refractivity contribution in [3.05, 3.63) is 29.5 Å². The molecule has 5 nitrogen and oxygen atoms in total. The summed E-state index contributed by atoms with van der Waals surface area (Å²) in [5.74, 6) is -0.425. The molecule has 0 bridgehead atoms. The largest absolute Gasteiger partial charge is 0.465 e. The summed E-state index contributed by atoms with van der Waals surface area (Å²) < 4.78 is 6.87. The number of aromatic nitrogens is 1. The van der Waals surface area contributed by atoms with Gasteiger partial charge in [0.2, 0.25) is 5.91 Å². The average Bonchev–Trinajstić information content (AvgIpc) is 2.73. The number of hydrogen-bond acceptors (Lipinski definition) is 3. The monoisotopic (exact) mass is 272 g/mol. The Hall–Kier alpha value is -2.30. The summed E-state index contributed by atoms with van der Waals surface area (Å²) >= 11 is 0. The number of carbonyl (C=O) groups is 2. The summed E-state index contributed by atoms with van der Waals surface area (Å²) in [6.07, 6.45) is 3.38. The molecule has 2 aromatic rings. The highest BCUT2D eigenvalue weighted by Crippen LogP contribution is 2.32. The van der Waals surface area contributed by atoms with Crippen LogP contribution in [0.5, 0.6) is 0 Å². The summed E-state index contributed by atoms with van der Waals surface area (Å²) in [6.45, 7) is 2.74. The molecule has 1 aromatic heterocycles. The molecule has 2 heterocycles. The fraction of sp³-hybridized carbons (Fsp3) is 0.333. The van der Waals surface area contributed by atoms with E-state index in [2.05, 4.69) is 23.0 Å². The maximum Gasteiger partial charge on any atom is 0.337 e. The summed E-state index contributed by atoms with van der Waals surface area (Å²) in [6, 6.07) is 3.53. The Morgan fingerprint density at radius 2 is 2.25 bits per heavy atom. The van der Waals surface area contributed by atoms with E-state index in [4.69, 9.17) is 4.74 Å². The van der Waals surface area contributed by atoms with Crippen LogP contribution in [0.25, 0.3) is 10.9 Å². The highest BCUT2D eigenvalue weighted by Gasteiger charge is 2.20. The zero-order valence-corrected chi connectivity index (χ0v) is 11.5. The first kappa shape index (κ1) is 12.7. The second-order valence-corrected chi connectivity index (χ2v) is 4.91. The van der Waals surface area contributed by atoms with Crippen LogP contribution < -0.4 is 5.32 Å². The zero-order valence-electron chi connectivity index (χ0n) is 11.5. The lowest BCUT2D eigenvalue weighted by atomic mass is 10.1. The molecule has 1 aliphatic heterocycles. The Labute approximate surface area is 116 Å². The summed E-state index contributed by atoms with van der Waals surface area (Å²) in [7, 11) is 1.36. The minimum absolute atomic E-state index is 0.0323. The molecule has 3 rings (SSSR count). The van der Waals surface area contributed by atoms with Gasteiger partial charge in [-0.2, -0.15) is 0 Å². The highest BCUT2D eigenvalue weighted by atomic mass is 16.5. The first-order chi connectivity index (χ1) is 9.63. The average molecular weight is 272 g/mol. The molecule has 0 spiro atoms. The van der Waals surface area contributed by atoms with E-state index in [1.165, 1.54) is 12.7 Å². The van der Waals surface area contributed by atoms with E-state index in [0.717, 1.165) is 17.3 Å². The van der Waals surface area contributed by atoms with Gasteiger partial charge in [-0.1, -0.05) is 6.92 Å². The third-order valence-electron chi connectivity index (χ3n) is 3.71. The number of aryl methyl sites for hydroxylation is 2. The smallest absolute Gasteiger partial charge is 0.337 e. The summed E-state index contributed by atoms with van der Waals surface area (Å²) in [4.78, 5) is 23.5. The van der Waals surface area contributed by atoms with E-state index in [1.54, 1.807) is 6.07 Å². The van der Waals surface area contributed by atoms with Crippen LogP contribution in [0.4, 0.5) is 5.69 Å². The van der Waals surface area contributed by atoms with Gasteiger partial charge < -0.3 is 14.6 Å². The molecule has 1 aliphatic rings. The quantitative estimate of drug-likeness (QED) is 0.853. The maximum absolute atomic E-state index is 11.8. The predicted molar refractivity (Wildman–Crippen MR) is 75.9 cm³/mol. The van der Waals surface area contributed by atoms with E-state index >= 15 is 0 Å². The standard InChI is InChI=1S/C15H16N2O3/c1-3-9-8-17-5-4-13(18)16-12-7-10(15(19)20-2)6-11(9)14(12)17/h6-8H,3-5H2,1-2H3,(H,16,18). The number of rotatable bonds is 2. The summed E-state index contributed by atoms with van der Waals surface area (Å²) in [5, 5.41) is 3.88. The lowest BCUT2D eigenvalue weighted by Crippen LogP contribution is -2.11. The number of ether oxygens (including phenoxy) is 1. The second-order valence-electron chi connectivity index (χ2n) is 4.91.